The third-order valence-electron chi connectivity index (χ3n) is 5.63. The number of anilines is 2. The Morgan fingerprint density at radius 1 is 1.13 bits per heavy atom. The molecule has 0 aromatic heterocycles. The van der Waals surface area contributed by atoms with Gasteiger partial charge in [-0.1, -0.05) is 28.9 Å². The van der Waals surface area contributed by atoms with E-state index in [1.807, 2.05) is 58.0 Å². The Balaban J connectivity index is 1.58. The Morgan fingerprint density at radius 3 is 2.55 bits per heavy atom. The average molecular weight is 487 g/mol. The molecule has 1 unspecified atom stereocenters. The van der Waals surface area contributed by atoms with Gasteiger partial charge >= 0.3 is 5.97 Å². The molecule has 0 saturated carbocycles. The van der Waals surface area contributed by atoms with E-state index in [0.717, 1.165) is 44.5 Å². The lowest BCUT2D eigenvalue weighted by Gasteiger charge is -2.18. The Kier molecular flexibility index (Phi) is 7.15. The molecule has 7 heteroatoms. The van der Waals surface area contributed by atoms with Crippen LogP contribution in [0.1, 0.15) is 35.6 Å². The van der Waals surface area contributed by atoms with Gasteiger partial charge in [0.25, 0.3) is 5.91 Å². The van der Waals surface area contributed by atoms with Crippen LogP contribution < -0.4 is 10.2 Å². The fourth-order valence-corrected chi connectivity index (χ4v) is 4.33. The maximum Gasteiger partial charge on any atom is 0.311 e. The van der Waals surface area contributed by atoms with Crippen LogP contribution in [-0.2, 0) is 25.5 Å². The van der Waals surface area contributed by atoms with Crippen molar-refractivity contribution in [2.45, 2.75) is 40.5 Å². The zero-order valence-electron chi connectivity index (χ0n) is 18.3. The van der Waals surface area contributed by atoms with Crippen molar-refractivity contribution < 1.29 is 19.1 Å². The molecule has 3 rings (SSSR count). The molecule has 31 heavy (non-hydrogen) atoms. The molecule has 0 bridgehead atoms. The molecule has 1 fully saturated rings. The lowest BCUT2D eigenvalue weighted by Crippen LogP contribution is -2.28. The molecule has 1 N–H and O–H groups in total. The summed E-state index contributed by atoms with van der Waals surface area (Å²) in [6, 6.07) is 9.67. The summed E-state index contributed by atoms with van der Waals surface area (Å²) >= 11 is 3.46. The zero-order valence-corrected chi connectivity index (χ0v) is 19.8. The summed E-state index contributed by atoms with van der Waals surface area (Å²) in [5, 5.41) is 2.84. The van der Waals surface area contributed by atoms with E-state index >= 15 is 0 Å². The second-order valence-corrected chi connectivity index (χ2v) is 8.86. The van der Waals surface area contributed by atoms with Crippen molar-refractivity contribution in [1.29, 1.82) is 0 Å². The van der Waals surface area contributed by atoms with Crippen molar-refractivity contribution in [3.63, 3.8) is 0 Å². The van der Waals surface area contributed by atoms with E-state index in [1.54, 1.807) is 4.90 Å². The highest BCUT2D eigenvalue weighted by molar-refractivity contribution is 9.10. The molecule has 1 aliphatic heterocycles. The predicted molar refractivity (Wildman–Crippen MR) is 124 cm³/mol. The molecule has 1 atom stereocenters. The number of esters is 1. The standard InChI is InChI=1S/C24H27BrN2O4/c1-5-17-10-19(25)8-16(4)23(17)26-21(28)13-31-24(30)18-11-22(29)27(12-18)20-7-6-14(2)15(3)9-20/h6-10,18H,5,11-13H2,1-4H3,(H,26,28). The first-order chi connectivity index (χ1) is 14.7. The van der Waals surface area contributed by atoms with Crippen LogP contribution in [0.2, 0.25) is 0 Å². The molecule has 2 aromatic rings. The average Bonchev–Trinajstić information content (AvgIpc) is 3.11. The molecular formula is C24H27BrN2O4. The fraction of sp³-hybridized carbons (Fsp3) is 0.375. The van der Waals surface area contributed by atoms with E-state index in [9.17, 15) is 14.4 Å². The Morgan fingerprint density at radius 2 is 1.87 bits per heavy atom. The summed E-state index contributed by atoms with van der Waals surface area (Å²) in [4.78, 5) is 38.9. The van der Waals surface area contributed by atoms with Crippen LogP contribution in [0.15, 0.2) is 34.8 Å². The minimum atomic E-state index is -0.581. The molecule has 1 saturated heterocycles. The molecule has 0 aliphatic carbocycles. The Bertz CT molecular complexity index is 1030. The zero-order chi connectivity index (χ0) is 22.7. The van der Waals surface area contributed by atoms with Crippen LogP contribution in [0, 0.1) is 26.7 Å². The molecule has 0 radical (unpaired) electrons. The minimum Gasteiger partial charge on any atom is -0.455 e. The van der Waals surface area contributed by atoms with Crippen molar-refractivity contribution in [2.75, 3.05) is 23.4 Å². The van der Waals surface area contributed by atoms with Gasteiger partial charge in [0.05, 0.1) is 5.92 Å². The number of aryl methyl sites for hydroxylation is 4. The molecule has 2 aromatic carbocycles. The van der Waals surface area contributed by atoms with Gasteiger partial charge in [0, 0.05) is 28.8 Å². The summed E-state index contributed by atoms with van der Waals surface area (Å²) in [7, 11) is 0. The van der Waals surface area contributed by atoms with Crippen LogP contribution in [0.4, 0.5) is 11.4 Å². The van der Waals surface area contributed by atoms with Crippen molar-refractivity contribution in [2.24, 2.45) is 5.92 Å². The second-order valence-electron chi connectivity index (χ2n) is 7.94. The summed E-state index contributed by atoms with van der Waals surface area (Å²) in [5.41, 5.74) is 5.67. The van der Waals surface area contributed by atoms with Gasteiger partial charge in [0.15, 0.2) is 6.61 Å². The lowest BCUT2D eigenvalue weighted by molar-refractivity contribution is -0.151. The maximum atomic E-state index is 12.5. The number of hydrogen-bond acceptors (Lipinski definition) is 4. The van der Waals surface area contributed by atoms with Crippen molar-refractivity contribution in [3.05, 3.63) is 57.1 Å². The van der Waals surface area contributed by atoms with Crippen molar-refractivity contribution >= 4 is 45.1 Å². The largest absolute Gasteiger partial charge is 0.455 e. The Hall–Kier alpha value is -2.67. The summed E-state index contributed by atoms with van der Waals surface area (Å²) < 4.78 is 6.18. The van der Waals surface area contributed by atoms with Gasteiger partial charge in [-0.15, -0.1) is 0 Å². The van der Waals surface area contributed by atoms with Gasteiger partial charge in [-0.05, 0) is 73.7 Å². The van der Waals surface area contributed by atoms with Gasteiger partial charge in [0.2, 0.25) is 5.91 Å². The number of carbonyl (C=O) groups is 3. The number of rotatable bonds is 6. The van der Waals surface area contributed by atoms with E-state index in [4.69, 9.17) is 4.74 Å². The highest BCUT2D eigenvalue weighted by Crippen LogP contribution is 2.28. The number of nitrogens with one attached hydrogen (secondary N) is 1. The van der Waals surface area contributed by atoms with Crippen LogP contribution >= 0.6 is 15.9 Å². The van der Waals surface area contributed by atoms with Crippen LogP contribution in [0.3, 0.4) is 0 Å². The number of halogens is 1. The number of hydrogen-bond donors (Lipinski definition) is 1. The van der Waals surface area contributed by atoms with Crippen molar-refractivity contribution in [3.8, 4) is 0 Å². The van der Waals surface area contributed by atoms with Gasteiger partial charge in [-0.25, -0.2) is 0 Å². The topological polar surface area (TPSA) is 75.7 Å². The number of ether oxygens (including phenoxy) is 1. The molecule has 2 amide bonds. The van der Waals surface area contributed by atoms with Crippen LogP contribution in [-0.4, -0.2) is 30.9 Å². The van der Waals surface area contributed by atoms with Gasteiger partial charge in [-0.2, -0.15) is 0 Å². The number of nitrogens with zero attached hydrogens (tertiary/aromatic N) is 1. The molecular weight excluding hydrogens is 460 g/mol. The first-order valence-corrected chi connectivity index (χ1v) is 11.1. The first-order valence-electron chi connectivity index (χ1n) is 10.3. The van der Waals surface area contributed by atoms with E-state index in [2.05, 4.69) is 21.2 Å². The second kappa shape index (κ2) is 9.64. The third kappa shape index (κ3) is 5.34. The first kappa shape index (κ1) is 23.0. The van der Waals surface area contributed by atoms with Gasteiger partial charge in [0.1, 0.15) is 0 Å². The maximum absolute atomic E-state index is 12.5. The Labute approximate surface area is 191 Å². The SMILES string of the molecule is CCc1cc(Br)cc(C)c1NC(=O)COC(=O)C1CC(=O)N(c2ccc(C)c(C)c2)C1. The number of benzene rings is 2. The fourth-order valence-electron chi connectivity index (χ4n) is 3.71. The van der Waals surface area contributed by atoms with E-state index in [-0.39, 0.29) is 25.5 Å². The molecule has 6 nitrogen and oxygen atoms in total. The van der Waals surface area contributed by atoms with Gasteiger partial charge in [-0.3, -0.25) is 14.4 Å². The summed E-state index contributed by atoms with van der Waals surface area (Å²) in [5.74, 6) is -1.63. The molecule has 164 valence electrons. The molecule has 1 heterocycles. The van der Waals surface area contributed by atoms with E-state index in [0.29, 0.717) is 0 Å². The summed E-state index contributed by atoms with van der Waals surface area (Å²) in [6.45, 7) is 7.79. The monoisotopic (exact) mass is 486 g/mol. The summed E-state index contributed by atoms with van der Waals surface area (Å²) in [6.07, 6.45) is 0.841. The smallest absolute Gasteiger partial charge is 0.311 e. The van der Waals surface area contributed by atoms with Crippen molar-refractivity contribution in [1.82, 2.24) is 0 Å². The van der Waals surface area contributed by atoms with Gasteiger partial charge < -0.3 is 15.0 Å². The number of amides is 2. The van der Waals surface area contributed by atoms with E-state index in [1.165, 1.54) is 0 Å². The van der Waals surface area contributed by atoms with E-state index < -0.39 is 17.8 Å². The van der Waals surface area contributed by atoms with Crippen LogP contribution in [0.5, 0.6) is 0 Å². The number of carbonyl (C=O) groups excluding carboxylic acids is 3. The lowest BCUT2D eigenvalue weighted by atomic mass is 10.1. The third-order valence-corrected chi connectivity index (χ3v) is 6.09. The molecule has 1 aliphatic rings. The predicted octanol–water partition coefficient (Wildman–Crippen LogP) is 4.47. The quantitative estimate of drug-likeness (QED) is 0.611. The highest BCUT2D eigenvalue weighted by Gasteiger charge is 2.36. The molecule has 0 spiro atoms. The normalized spacial score (nSPS) is 15.8. The minimum absolute atomic E-state index is 0.0825. The highest BCUT2D eigenvalue weighted by atomic mass is 79.9. The van der Waals surface area contributed by atoms with Crippen LogP contribution in [0.25, 0.3) is 0 Å².